The largest absolute Gasteiger partial charge is 0.378 e. The Balaban J connectivity index is 1.57. The van der Waals surface area contributed by atoms with Crippen LogP contribution in [0.1, 0.15) is 113 Å². The molecule has 3 unspecified atom stereocenters. The average Bonchev–Trinajstić information content (AvgIpc) is 2.74. The molecule has 2 fully saturated rings. The van der Waals surface area contributed by atoms with E-state index in [4.69, 9.17) is 14.2 Å². The standard InChI is InChI=1S/C28H55NO4/c1-9-22(3)32-19-24-10-12-25(13-11-24)20-33-23(4)16-21(2)14-15-31-26-17-27(5,6)29(30)28(7,8)18-26/h21-26,30H,9-20H2,1-8H3. The molecule has 2 rings (SSSR count). The van der Waals surface area contributed by atoms with Crippen molar-refractivity contribution < 1.29 is 19.4 Å². The number of rotatable bonds is 13. The van der Waals surface area contributed by atoms with Crippen molar-refractivity contribution in [3.8, 4) is 0 Å². The Labute approximate surface area is 204 Å². The normalized spacial score (nSPS) is 29.0. The van der Waals surface area contributed by atoms with E-state index in [2.05, 4.69) is 55.4 Å². The summed E-state index contributed by atoms with van der Waals surface area (Å²) in [7, 11) is 0. The Morgan fingerprint density at radius 1 is 0.848 bits per heavy atom. The highest BCUT2D eigenvalue weighted by atomic mass is 16.5. The Hall–Kier alpha value is -0.200. The molecule has 0 radical (unpaired) electrons. The van der Waals surface area contributed by atoms with Gasteiger partial charge < -0.3 is 19.4 Å². The lowest BCUT2D eigenvalue weighted by atomic mass is 9.80. The molecule has 0 spiro atoms. The van der Waals surface area contributed by atoms with Crippen molar-refractivity contribution >= 4 is 0 Å². The first-order valence-corrected chi connectivity index (χ1v) is 13.8. The van der Waals surface area contributed by atoms with Gasteiger partial charge in [-0.15, -0.1) is 0 Å². The molecule has 0 aromatic rings. The topological polar surface area (TPSA) is 51.2 Å². The summed E-state index contributed by atoms with van der Waals surface area (Å²) in [5.74, 6) is 2.05. The van der Waals surface area contributed by atoms with E-state index in [0.29, 0.717) is 18.1 Å². The molecule has 1 saturated heterocycles. The average molecular weight is 470 g/mol. The Morgan fingerprint density at radius 3 is 1.82 bits per heavy atom. The molecule has 2 aliphatic rings. The summed E-state index contributed by atoms with van der Waals surface area (Å²) < 4.78 is 18.5. The van der Waals surface area contributed by atoms with Crippen LogP contribution in [-0.4, -0.2) is 59.5 Å². The van der Waals surface area contributed by atoms with Gasteiger partial charge >= 0.3 is 0 Å². The fourth-order valence-electron chi connectivity index (χ4n) is 5.77. The van der Waals surface area contributed by atoms with Crippen LogP contribution in [0.3, 0.4) is 0 Å². The van der Waals surface area contributed by atoms with Gasteiger partial charge in [-0.1, -0.05) is 13.8 Å². The fourth-order valence-corrected chi connectivity index (χ4v) is 5.77. The van der Waals surface area contributed by atoms with Crippen molar-refractivity contribution in [3.63, 3.8) is 0 Å². The zero-order valence-electron chi connectivity index (χ0n) is 23.1. The Bertz CT molecular complexity index is 526. The first-order chi connectivity index (χ1) is 15.4. The highest BCUT2D eigenvalue weighted by Gasteiger charge is 2.45. The van der Waals surface area contributed by atoms with Crippen LogP contribution in [0.15, 0.2) is 0 Å². The molecule has 5 heteroatoms. The molecule has 3 atom stereocenters. The SMILES string of the molecule is CCC(C)OCC1CCC(COC(C)CC(C)CCOC2CC(C)(C)N(O)C(C)(C)C2)CC1. The second-order valence-corrected chi connectivity index (χ2v) is 12.6. The van der Waals surface area contributed by atoms with Crippen molar-refractivity contribution in [2.24, 2.45) is 17.8 Å². The lowest BCUT2D eigenvalue weighted by molar-refractivity contribution is -0.261. The van der Waals surface area contributed by atoms with Crippen LogP contribution in [0.5, 0.6) is 0 Å². The van der Waals surface area contributed by atoms with Crippen LogP contribution in [0.2, 0.25) is 0 Å². The van der Waals surface area contributed by atoms with E-state index in [1.54, 1.807) is 0 Å². The van der Waals surface area contributed by atoms with E-state index in [9.17, 15) is 5.21 Å². The lowest BCUT2D eigenvalue weighted by Gasteiger charge is -2.51. The molecule has 1 aliphatic heterocycles. The second kappa shape index (κ2) is 13.2. The van der Waals surface area contributed by atoms with Crippen molar-refractivity contribution in [1.82, 2.24) is 5.06 Å². The summed E-state index contributed by atoms with van der Waals surface area (Å²) >= 11 is 0. The number of ether oxygens (including phenoxy) is 3. The van der Waals surface area contributed by atoms with Crippen LogP contribution in [-0.2, 0) is 14.2 Å². The molecule has 196 valence electrons. The fraction of sp³-hybridized carbons (Fsp3) is 1.00. The van der Waals surface area contributed by atoms with Gasteiger partial charge in [0, 0.05) is 30.9 Å². The molecule has 5 nitrogen and oxygen atoms in total. The Kier molecular flexibility index (Phi) is 11.6. The summed E-state index contributed by atoms with van der Waals surface area (Å²) in [6.45, 7) is 19.9. The van der Waals surface area contributed by atoms with E-state index in [1.807, 2.05) is 0 Å². The number of hydrogen-bond donors (Lipinski definition) is 1. The van der Waals surface area contributed by atoms with Crippen molar-refractivity contribution in [2.45, 2.75) is 143 Å². The first kappa shape index (κ1) is 29.0. The summed E-state index contributed by atoms with van der Waals surface area (Å²) in [6, 6.07) is 0. The maximum atomic E-state index is 10.5. The van der Waals surface area contributed by atoms with Gasteiger partial charge in [0.05, 0.1) is 18.3 Å². The molecule has 0 amide bonds. The minimum absolute atomic E-state index is 0.213. The summed E-state index contributed by atoms with van der Waals surface area (Å²) in [5, 5.41) is 12.0. The number of hydroxylamine groups is 2. The zero-order chi connectivity index (χ0) is 24.6. The third-order valence-electron chi connectivity index (χ3n) is 8.07. The van der Waals surface area contributed by atoms with Crippen molar-refractivity contribution in [1.29, 1.82) is 0 Å². The van der Waals surface area contributed by atoms with Gasteiger partial charge in [0.2, 0.25) is 0 Å². The monoisotopic (exact) mass is 469 g/mol. The molecule has 1 N–H and O–H groups in total. The molecule has 0 aromatic heterocycles. The van der Waals surface area contributed by atoms with Crippen LogP contribution in [0.4, 0.5) is 0 Å². The van der Waals surface area contributed by atoms with Gasteiger partial charge in [-0.2, -0.15) is 5.06 Å². The number of piperidine rings is 1. The Morgan fingerprint density at radius 2 is 1.33 bits per heavy atom. The molecule has 1 aliphatic carbocycles. The molecule has 33 heavy (non-hydrogen) atoms. The first-order valence-electron chi connectivity index (χ1n) is 13.8. The highest BCUT2D eigenvalue weighted by Crippen LogP contribution is 2.38. The number of nitrogens with zero attached hydrogens (tertiary/aromatic N) is 1. The van der Waals surface area contributed by atoms with E-state index in [0.717, 1.165) is 63.8 Å². The lowest BCUT2D eigenvalue weighted by Crippen LogP contribution is -2.60. The summed E-state index contributed by atoms with van der Waals surface area (Å²) in [4.78, 5) is 0. The molecular weight excluding hydrogens is 414 g/mol. The van der Waals surface area contributed by atoms with Crippen LogP contribution in [0, 0.1) is 17.8 Å². The van der Waals surface area contributed by atoms with Gasteiger partial charge in [-0.25, -0.2) is 0 Å². The molecule has 0 aromatic carbocycles. The summed E-state index contributed by atoms with van der Waals surface area (Å²) in [6.07, 6.45) is 11.0. The van der Waals surface area contributed by atoms with Gasteiger partial charge in [-0.05, 0) is 117 Å². The molecule has 0 bridgehead atoms. The van der Waals surface area contributed by atoms with E-state index in [-0.39, 0.29) is 17.2 Å². The quantitative estimate of drug-likeness (QED) is 0.319. The molecule has 1 saturated carbocycles. The van der Waals surface area contributed by atoms with Crippen molar-refractivity contribution in [2.75, 3.05) is 19.8 Å². The second-order valence-electron chi connectivity index (χ2n) is 12.6. The van der Waals surface area contributed by atoms with Crippen LogP contribution >= 0.6 is 0 Å². The van der Waals surface area contributed by atoms with Gasteiger partial charge in [0.15, 0.2) is 0 Å². The van der Waals surface area contributed by atoms with E-state index in [1.165, 1.54) is 30.7 Å². The molecular formula is C28H55NO4. The van der Waals surface area contributed by atoms with Gasteiger partial charge in [0.25, 0.3) is 0 Å². The van der Waals surface area contributed by atoms with Gasteiger partial charge in [-0.3, -0.25) is 0 Å². The smallest absolute Gasteiger partial charge is 0.0611 e. The van der Waals surface area contributed by atoms with Crippen molar-refractivity contribution in [3.05, 3.63) is 0 Å². The van der Waals surface area contributed by atoms with E-state index >= 15 is 0 Å². The minimum atomic E-state index is -0.250. The predicted molar refractivity (Wildman–Crippen MR) is 136 cm³/mol. The minimum Gasteiger partial charge on any atom is -0.378 e. The van der Waals surface area contributed by atoms with Gasteiger partial charge in [0.1, 0.15) is 0 Å². The zero-order valence-corrected chi connectivity index (χ0v) is 23.1. The maximum absolute atomic E-state index is 10.5. The van der Waals surface area contributed by atoms with Crippen LogP contribution < -0.4 is 0 Å². The van der Waals surface area contributed by atoms with Crippen LogP contribution in [0.25, 0.3) is 0 Å². The third kappa shape index (κ3) is 9.76. The molecule has 1 heterocycles. The van der Waals surface area contributed by atoms with E-state index < -0.39 is 0 Å². The third-order valence-corrected chi connectivity index (χ3v) is 8.07. The highest BCUT2D eigenvalue weighted by molar-refractivity contribution is 4.96. The predicted octanol–water partition coefficient (Wildman–Crippen LogP) is 6.86. The maximum Gasteiger partial charge on any atom is 0.0611 e. The number of hydrogen-bond acceptors (Lipinski definition) is 5. The summed E-state index contributed by atoms with van der Waals surface area (Å²) in [5.41, 5.74) is -0.499.